The molecule has 0 heterocycles. The van der Waals surface area contributed by atoms with Crippen molar-refractivity contribution in [2.75, 3.05) is 40.9 Å². The Morgan fingerprint density at radius 1 is 0.548 bits per heavy atom. The zero-order valence-electron chi connectivity index (χ0n) is 41.3. The van der Waals surface area contributed by atoms with Crippen LogP contribution in [-0.4, -0.2) is 68.5 Å². The van der Waals surface area contributed by atoms with Gasteiger partial charge < -0.3 is 28.8 Å². The molecule has 0 aliphatic rings. The van der Waals surface area contributed by atoms with Crippen molar-refractivity contribution >= 4 is 13.7 Å². The average Bonchev–Trinajstić information content (AvgIpc) is 3.23. The Morgan fingerprint density at radius 2 is 0.903 bits per heavy atom. The monoisotopic (exact) mass is 893 g/mol. The molecule has 0 radical (unpaired) electrons. The zero-order chi connectivity index (χ0) is 45.7. The van der Waals surface area contributed by atoms with E-state index in [4.69, 9.17) is 9.05 Å². The number of rotatable bonds is 47. The summed E-state index contributed by atoms with van der Waals surface area (Å²) in [5.74, 6) is -0.216. The van der Waals surface area contributed by atoms with E-state index in [0.717, 1.165) is 44.9 Å². The van der Waals surface area contributed by atoms with Gasteiger partial charge >= 0.3 is 0 Å². The van der Waals surface area contributed by atoms with E-state index in [0.29, 0.717) is 17.4 Å². The second-order valence-electron chi connectivity index (χ2n) is 18.9. The van der Waals surface area contributed by atoms with Gasteiger partial charge in [-0.25, -0.2) is 0 Å². The fourth-order valence-corrected chi connectivity index (χ4v) is 8.08. The molecule has 62 heavy (non-hydrogen) atoms. The van der Waals surface area contributed by atoms with Gasteiger partial charge in [0.2, 0.25) is 5.91 Å². The van der Waals surface area contributed by atoms with Crippen LogP contribution in [0.25, 0.3) is 0 Å². The predicted molar refractivity (Wildman–Crippen MR) is 265 cm³/mol. The number of hydrogen-bond donors (Lipinski definition) is 2. The van der Waals surface area contributed by atoms with Gasteiger partial charge in [-0.3, -0.25) is 9.36 Å². The highest BCUT2D eigenvalue weighted by Gasteiger charge is 2.23. The number of unbranched alkanes of at least 4 members (excludes halogenated alkanes) is 28. The van der Waals surface area contributed by atoms with E-state index in [2.05, 4.69) is 55.6 Å². The Labute approximate surface area is 384 Å². The number of phosphoric ester groups is 1. The van der Waals surface area contributed by atoms with E-state index in [-0.39, 0.29) is 12.5 Å². The first kappa shape index (κ1) is 60.5. The highest BCUT2D eigenvalue weighted by Crippen LogP contribution is 2.38. The zero-order valence-corrected chi connectivity index (χ0v) is 42.2. The molecule has 0 fully saturated rings. The molecule has 0 saturated heterocycles. The van der Waals surface area contributed by atoms with Gasteiger partial charge in [0.05, 0.1) is 39.9 Å². The third-order valence-corrected chi connectivity index (χ3v) is 12.5. The predicted octanol–water partition coefficient (Wildman–Crippen LogP) is 14.6. The molecule has 0 saturated carbocycles. The van der Waals surface area contributed by atoms with Crippen molar-refractivity contribution in [3.8, 4) is 0 Å². The van der Waals surface area contributed by atoms with Crippen LogP contribution in [0.5, 0.6) is 0 Å². The van der Waals surface area contributed by atoms with Crippen molar-refractivity contribution in [2.24, 2.45) is 0 Å². The Hall–Kier alpha value is -1.54. The first-order chi connectivity index (χ1) is 30.0. The van der Waals surface area contributed by atoms with Gasteiger partial charge in [-0.1, -0.05) is 204 Å². The number of aliphatic hydroxyl groups excluding tert-OH is 1. The van der Waals surface area contributed by atoms with Gasteiger partial charge in [-0.2, -0.15) is 0 Å². The molecule has 0 aromatic rings. The number of likely N-dealkylation sites (N-methyl/N-ethyl adjacent to an activating group) is 1. The number of amides is 1. The number of nitrogens with zero attached hydrogens (tertiary/aromatic N) is 1. The normalized spacial score (nSPS) is 14.5. The molecule has 3 atom stereocenters. The second kappa shape index (κ2) is 44.7. The summed E-state index contributed by atoms with van der Waals surface area (Å²) in [6, 6.07) is -0.912. The summed E-state index contributed by atoms with van der Waals surface area (Å²) in [7, 11) is 1.23. The van der Waals surface area contributed by atoms with Gasteiger partial charge in [0, 0.05) is 6.42 Å². The Morgan fingerprint density at radius 3 is 1.31 bits per heavy atom. The molecule has 0 aromatic carbocycles. The second-order valence-corrected chi connectivity index (χ2v) is 20.3. The Kier molecular flexibility index (Phi) is 43.5. The number of hydrogen-bond acceptors (Lipinski definition) is 6. The maximum absolute atomic E-state index is 12.9. The van der Waals surface area contributed by atoms with Gasteiger partial charge in [0.1, 0.15) is 13.2 Å². The molecule has 0 spiro atoms. The SMILES string of the molecule is CCCCCCCCC/C=C\CCCCCCCCCC(=O)NC(COP(=O)([O-])OCC[N+](C)(C)C)C(O)/C=C/CC/C=C/CC/C=C/CCCCCCCCCCCCCC. The number of aliphatic hydroxyl groups is 1. The van der Waals surface area contributed by atoms with E-state index in [1.807, 2.05) is 27.2 Å². The summed E-state index contributed by atoms with van der Waals surface area (Å²) in [4.78, 5) is 25.4. The first-order valence-corrected chi connectivity index (χ1v) is 27.5. The summed E-state index contributed by atoms with van der Waals surface area (Å²) < 4.78 is 23.3. The van der Waals surface area contributed by atoms with E-state index in [1.54, 1.807) is 6.08 Å². The van der Waals surface area contributed by atoms with E-state index >= 15 is 0 Å². The quantitative estimate of drug-likeness (QED) is 0.0273. The molecule has 3 unspecified atom stereocenters. The number of carbonyl (C=O) groups is 1. The third kappa shape index (κ3) is 46.5. The standard InChI is InChI=1S/C53H101N2O6P/c1-6-8-10-12-14-16-18-20-22-24-26-27-28-29-30-32-34-36-38-40-42-44-46-52(56)51(50-61-62(58,59)60-49-48-55(3,4)5)54-53(57)47-45-43-41-39-37-35-33-31-25-23-21-19-17-15-13-11-9-7-2/h23,25,29-30,36,38,44,46,51-52,56H,6-22,24,26-28,31-35,37,39-43,45,47-50H2,1-5H3,(H-,54,57,58,59)/b25-23-,30-29+,38-36+,46-44+. The summed E-state index contributed by atoms with van der Waals surface area (Å²) in [6.45, 7) is 4.62. The summed E-state index contributed by atoms with van der Waals surface area (Å²) >= 11 is 0. The lowest BCUT2D eigenvalue weighted by molar-refractivity contribution is -0.870. The summed E-state index contributed by atoms with van der Waals surface area (Å²) in [5.41, 5.74) is 0. The van der Waals surface area contributed by atoms with Crippen LogP contribution < -0.4 is 10.2 Å². The van der Waals surface area contributed by atoms with Gasteiger partial charge in [0.25, 0.3) is 7.82 Å². The highest BCUT2D eigenvalue weighted by atomic mass is 31.2. The van der Waals surface area contributed by atoms with Crippen LogP contribution in [0.2, 0.25) is 0 Å². The molecule has 0 aliphatic carbocycles. The summed E-state index contributed by atoms with van der Waals surface area (Å²) in [6.07, 6.45) is 57.4. The number of carbonyl (C=O) groups excluding carboxylic acids is 1. The molecule has 8 nitrogen and oxygen atoms in total. The van der Waals surface area contributed by atoms with Crippen LogP contribution in [0, 0.1) is 0 Å². The molecule has 0 aromatic heterocycles. The lowest BCUT2D eigenvalue weighted by Gasteiger charge is -2.29. The number of nitrogens with one attached hydrogen (secondary N) is 1. The molecule has 0 bridgehead atoms. The van der Waals surface area contributed by atoms with Crippen molar-refractivity contribution in [3.63, 3.8) is 0 Å². The minimum Gasteiger partial charge on any atom is -0.756 e. The third-order valence-electron chi connectivity index (χ3n) is 11.5. The summed E-state index contributed by atoms with van der Waals surface area (Å²) in [5, 5.41) is 13.8. The van der Waals surface area contributed by atoms with Crippen molar-refractivity contribution in [1.29, 1.82) is 0 Å². The highest BCUT2D eigenvalue weighted by molar-refractivity contribution is 7.45. The van der Waals surface area contributed by atoms with Gasteiger partial charge in [0.15, 0.2) is 0 Å². The minimum absolute atomic E-state index is 0.0105. The molecular weight excluding hydrogens is 792 g/mol. The topological polar surface area (TPSA) is 108 Å². The van der Waals surface area contributed by atoms with Crippen molar-refractivity contribution in [1.82, 2.24) is 5.32 Å². The van der Waals surface area contributed by atoms with Crippen LogP contribution in [-0.2, 0) is 18.4 Å². The lowest BCUT2D eigenvalue weighted by atomic mass is 10.0. The number of phosphoric acid groups is 1. The molecule has 0 aliphatic heterocycles. The molecule has 1 amide bonds. The van der Waals surface area contributed by atoms with E-state index < -0.39 is 26.6 Å². The minimum atomic E-state index is -4.61. The molecule has 364 valence electrons. The van der Waals surface area contributed by atoms with Crippen LogP contribution >= 0.6 is 7.82 Å². The van der Waals surface area contributed by atoms with Gasteiger partial charge in [-0.05, 0) is 70.6 Å². The van der Waals surface area contributed by atoms with Crippen molar-refractivity contribution in [3.05, 3.63) is 48.6 Å². The lowest BCUT2D eigenvalue weighted by Crippen LogP contribution is -2.45. The van der Waals surface area contributed by atoms with Crippen LogP contribution in [0.15, 0.2) is 48.6 Å². The molecular formula is C53H101N2O6P. The molecule has 2 N–H and O–H groups in total. The fourth-order valence-electron chi connectivity index (χ4n) is 7.36. The molecule has 9 heteroatoms. The largest absolute Gasteiger partial charge is 0.756 e. The van der Waals surface area contributed by atoms with E-state index in [1.165, 1.54) is 167 Å². The van der Waals surface area contributed by atoms with Crippen LogP contribution in [0.4, 0.5) is 0 Å². The Bertz CT molecular complexity index is 1150. The maximum atomic E-state index is 12.9. The number of quaternary nitrogens is 1. The fraction of sp³-hybridized carbons (Fsp3) is 0.830. The van der Waals surface area contributed by atoms with Crippen LogP contribution in [0.3, 0.4) is 0 Å². The molecule has 0 rings (SSSR count). The average molecular weight is 893 g/mol. The van der Waals surface area contributed by atoms with Gasteiger partial charge in [-0.15, -0.1) is 0 Å². The van der Waals surface area contributed by atoms with Crippen molar-refractivity contribution < 1.29 is 32.9 Å². The smallest absolute Gasteiger partial charge is 0.268 e. The maximum Gasteiger partial charge on any atom is 0.268 e. The van der Waals surface area contributed by atoms with Crippen molar-refractivity contribution in [2.45, 2.75) is 244 Å². The number of allylic oxidation sites excluding steroid dienone is 7. The van der Waals surface area contributed by atoms with E-state index in [9.17, 15) is 19.4 Å². The van der Waals surface area contributed by atoms with Crippen LogP contribution in [0.1, 0.15) is 232 Å². The first-order valence-electron chi connectivity index (χ1n) is 26.0. The Balaban J connectivity index is 4.39.